The number of hydrogen-bond acceptors (Lipinski definition) is 5. The van der Waals surface area contributed by atoms with Crippen LogP contribution in [0.1, 0.15) is 22.8 Å². The number of benzene rings is 2. The lowest BCUT2D eigenvalue weighted by Gasteiger charge is -2.06. The van der Waals surface area contributed by atoms with Crippen LogP contribution in [0.3, 0.4) is 0 Å². The molecule has 0 heterocycles. The van der Waals surface area contributed by atoms with E-state index in [0.29, 0.717) is 5.57 Å². The first-order valence-corrected chi connectivity index (χ1v) is 6.15. The van der Waals surface area contributed by atoms with Crippen molar-refractivity contribution in [3.63, 3.8) is 0 Å². The fraction of sp³-hybridized carbons (Fsp3) is 0.0625. The van der Waals surface area contributed by atoms with Gasteiger partial charge in [0.1, 0.15) is 28.6 Å². The van der Waals surface area contributed by atoms with Gasteiger partial charge in [0.15, 0.2) is 5.78 Å². The van der Waals surface area contributed by atoms with Crippen LogP contribution in [0.15, 0.2) is 42.5 Å². The van der Waals surface area contributed by atoms with E-state index in [1.807, 2.05) is 0 Å². The molecule has 0 amide bonds. The molecule has 0 fully saturated rings. The largest absolute Gasteiger partial charge is 0.508 e. The number of carbonyl (C=O) groups excluding carboxylic acids is 1. The zero-order valence-corrected chi connectivity index (χ0v) is 11.2. The highest BCUT2D eigenvalue weighted by Gasteiger charge is 2.16. The Balaban J connectivity index is 2.37. The predicted octanol–water partition coefficient (Wildman–Crippen LogP) is 2.80. The Bertz CT molecular complexity index is 691. The third kappa shape index (κ3) is 3.14. The highest BCUT2D eigenvalue weighted by molar-refractivity contribution is 6.11. The minimum absolute atomic E-state index is 0.117. The summed E-state index contributed by atoms with van der Waals surface area (Å²) in [6.45, 7) is 1.69. The molecule has 0 bridgehead atoms. The third-order valence-electron chi connectivity index (χ3n) is 3.00. The van der Waals surface area contributed by atoms with Gasteiger partial charge in [-0.3, -0.25) is 4.79 Å². The number of phenolic OH excluding ortho intramolecular Hbond substituents is 4. The second kappa shape index (κ2) is 5.58. The Morgan fingerprint density at radius 1 is 0.905 bits per heavy atom. The van der Waals surface area contributed by atoms with Gasteiger partial charge >= 0.3 is 0 Å². The quantitative estimate of drug-likeness (QED) is 0.514. The molecule has 0 aliphatic heterocycles. The summed E-state index contributed by atoms with van der Waals surface area (Å²) in [6, 6.07) is 8.24. The molecule has 0 aliphatic carbocycles. The first-order chi connectivity index (χ1) is 9.88. The second-order valence-electron chi connectivity index (χ2n) is 4.60. The van der Waals surface area contributed by atoms with Gasteiger partial charge in [0.25, 0.3) is 0 Å². The number of hydrogen-bond donors (Lipinski definition) is 4. The summed E-state index contributed by atoms with van der Waals surface area (Å²) in [5.41, 5.74) is 1.05. The monoisotopic (exact) mass is 286 g/mol. The van der Waals surface area contributed by atoms with Crippen LogP contribution in [-0.4, -0.2) is 26.2 Å². The lowest BCUT2D eigenvalue weighted by Crippen LogP contribution is -1.97. The molecule has 0 radical (unpaired) electrons. The molecule has 0 unspecified atom stereocenters. The van der Waals surface area contributed by atoms with Gasteiger partial charge in [0.2, 0.25) is 0 Å². The van der Waals surface area contributed by atoms with Crippen molar-refractivity contribution in [2.24, 2.45) is 0 Å². The van der Waals surface area contributed by atoms with E-state index in [1.165, 1.54) is 18.2 Å². The van der Waals surface area contributed by atoms with Crippen LogP contribution >= 0.6 is 0 Å². The Kier molecular flexibility index (Phi) is 3.84. The van der Waals surface area contributed by atoms with E-state index < -0.39 is 17.3 Å². The van der Waals surface area contributed by atoms with E-state index in [1.54, 1.807) is 19.1 Å². The Morgan fingerprint density at radius 2 is 1.43 bits per heavy atom. The minimum Gasteiger partial charge on any atom is -0.508 e. The molecule has 0 atom stereocenters. The standard InChI is InChI=1S/C16H14O5/c1-9(10-2-4-11(17)5-3-10)6-13(19)16-14(20)7-12(18)8-15(16)21/h2-8,17-18,20-21H,1H3/b9-6+. The van der Waals surface area contributed by atoms with Crippen molar-refractivity contribution in [2.75, 3.05) is 0 Å². The maximum atomic E-state index is 12.1. The summed E-state index contributed by atoms with van der Waals surface area (Å²) >= 11 is 0. The van der Waals surface area contributed by atoms with Gasteiger partial charge in [-0.15, -0.1) is 0 Å². The molecule has 0 aliphatic rings. The molecule has 2 aromatic rings. The van der Waals surface area contributed by atoms with Crippen LogP contribution < -0.4 is 0 Å². The number of phenols is 4. The zero-order valence-electron chi connectivity index (χ0n) is 11.2. The fourth-order valence-corrected chi connectivity index (χ4v) is 1.93. The smallest absolute Gasteiger partial charge is 0.193 e. The molecule has 5 heteroatoms. The Hall–Kier alpha value is -2.95. The van der Waals surface area contributed by atoms with Gasteiger partial charge < -0.3 is 20.4 Å². The predicted molar refractivity (Wildman–Crippen MR) is 77.5 cm³/mol. The number of ketones is 1. The SMILES string of the molecule is C/C(=C\C(=O)c1c(O)cc(O)cc1O)c1ccc(O)cc1. The molecule has 2 rings (SSSR count). The first-order valence-electron chi connectivity index (χ1n) is 6.15. The molecule has 0 aromatic heterocycles. The number of allylic oxidation sites excluding steroid dienone is 2. The van der Waals surface area contributed by atoms with Crippen molar-refractivity contribution in [1.82, 2.24) is 0 Å². The average molecular weight is 286 g/mol. The van der Waals surface area contributed by atoms with E-state index in [4.69, 9.17) is 0 Å². The van der Waals surface area contributed by atoms with Crippen LogP contribution in [-0.2, 0) is 0 Å². The highest BCUT2D eigenvalue weighted by Crippen LogP contribution is 2.33. The maximum Gasteiger partial charge on any atom is 0.193 e. The first kappa shape index (κ1) is 14.5. The van der Waals surface area contributed by atoms with Gasteiger partial charge in [-0.25, -0.2) is 0 Å². The number of aromatic hydroxyl groups is 4. The molecular weight excluding hydrogens is 272 g/mol. The third-order valence-corrected chi connectivity index (χ3v) is 3.00. The van der Waals surface area contributed by atoms with Gasteiger partial charge in [-0.1, -0.05) is 12.1 Å². The zero-order chi connectivity index (χ0) is 15.6. The molecule has 0 saturated carbocycles. The van der Waals surface area contributed by atoms with Gasteiger partial charge in [0, 0.05) is 12.1 Å². The lowest BCUT2D eigenvalue weighted by atomic mass is 10.0. The highest BCUT2D eigenvalue weighted by atomic mass is 16.3. The molecule has 4 N–H and O–H groups in total. The fourth-order valence-electron chi connectivity index (χ4n) is 1.93. The van der Waals surface area contributed by atoms with Crippen molar-refractivity contribution in [3.05, 3.63) is 53.6 Å². The average Bonchev–Trinajstić information content (AvgIpc) is 2.37. The maximum absolute atomic E-state index is 12.1. The molecule has 2 aromatic carbocycles. The van der Waals surface area contributed by atoms with Gasteiger partial charge in [-0.05, 0) is 36.3 Å². The van der Waals surface area contributed by atoms with Crippen LogP contribution in [0.2, 0.25) is 0 Å². The summed E-state index contributed by atoms with van der Waals surface area (Å²) in [5.74, 6) is -1.79. The molecule has 0 spiro atoms. The summed E-state index contributed by atoms with van der Waals surface area (Å²) in [7, 11) is 0. The summed E-state index contributed by atoms with van der Waals surface area (Å²) in [4.78, 5) is 12.1. The van der Waals surface area contributed by atoms with Crippen LogP contribution in [0, 0.1) is 0 Å². The molecule has 5 nitrogen and oxygen atoms in total. The van der Waals surface area contributed by atoms with E-state index in [0.717, 1.165) is 17.7 Å². The summed E-state index contributed by atoms with van der Waals surface area (Å²) < 4.78 is 0. The van der Waals surface area contributed by atoms with Gasteiger partial charge in [-0.2, -0.15) is 0 Å². The van der Waals surface area contributed by atoms with E-state index in [9.17, 15) is 25.2 Å². The lowest BCUT2D eigenvalue weighted by molar-refractivity contribution is 0.104. The van der Waals surface area contributed by atoms with Crippen molar-refractivity contribution in [1.29, 1.82) is 0 Å². The van der Waals surface area contributed by atoms with Crippen LogP contribution in [0.25, 0.3) is 5.57 Å². The Labute approximate surface area is 121 Å². The van der Waals surface area contributed by atoms with Crippen LogP contribution in [0.5, 0.6) is 23.0 Å². The van der Waals surface area contributed by atoms with E-state index in [-0.39, 0.29) is 17.1 Å². The number of rotatable bonds is 3. The van der Waals surface area contributed by atoms with Crippen molar-refractivity contribution < 1.29 is 25.2 Å². The van der Waals surface area contributed by atoms with Crippen molar-refractivity contribution >= 4 is 11.4 Å². The van der Waals surface area contributed by atoms with Crippen molar-refractivity contribution in [3.8, 4) is 23.0 Å². The topological polar surface area (TPSA) is 98.0 Å². The molecule has 0 saturated heterocycles. The summed E-state index contributed by atoms with van der Waals surface area (Å²) in [6.07, 6.45) is 1.26. The second-order valence-corrected chi connectivity index (χ2v) is 4.60. The van der Waals surface area contributed by atoms with E-state index >= 15 is 0 Å². The molecule has 21 heavy (non-hydrogen) atoms. The Morgan fingerprint density at radius 3 is 1.95 bits per heavy atom. The molecule has 108 valence electrons. The number of carbonyl (C=O) groups is 1. The van der Waals surface area contributed by atoms with Crippen molar-refractivity contribution in [2.45, 2.75) is 6.92 Å². The van der Waals surface area contributed by atoms with E-state index in [2.05, 4.69) is 0 Å². The molecular formula is C16H14O5. The van der Waals surface area contributed by atoms with Crippen LogP contribution in [0.4, 0.5) is 0 Å². The minimum atomic E-state index is -0.587. The normalized spacial score (nSPS) is 11.4. The van der Waals surface area contributed by atoms with Gasteiger partial charge in [0.05, 0.1) is 0 Å². The summed E-state index contributed by atoms with van der Waals surface area (Å²) in [5, 5.41) is 37.8.